The van der Waals surface area contributed by atoms with Crippen LogP contribution in [0.15, 0.2) is 11.0 Å². The van der Waals surface area contributed by atoms with E-state index in [1.165, 1.54) is 0 Å². The first-order valence-electron chi connectivity index (χ1n) is 6.98. The molecule has 0 radical (unpaired) electrons. The van der Waals surface area contributed by atoms with Crippen LogP contribution in [0.25, 0.3) is 0 Å². The summed E-state index contributed by atoms with van der Waals surface area (Å²) in [6.07, 6.45) is 1.80. The molecular weight excluding hydrogens is 272 g/mol. The van der Waals surface area contributed by atoms with Crippen LogP contribution in [0.3, 0.4) is 0 Å². The van der Waals surface area contributed by atoms with Crippen molar-refractivity contribution in [2.75, 3.05) is 12.3 Å². The lowest BCUT2D eigenvalue weighted by atomic mass is 10.0. The number of aryl methyl sites for hydroxylation is 1. The maximum Gasteiger partial charge on any atom is 0.244 e. The minimum atomic E-state index is -3.50. The molecule has 4 nitrogen and oxygen atoms in total. The molecule has 112 valence electrons. The van der Waals surface area contributed by atoms with E-state index in [1.54, 1.807) is 11.2 Å². The molecule has 5 heteroatoms. The predicted molar refractivity (Wildman–Crippen MR) is 82.3 cm³/mol. The number of sulfonamides is 1. The van der Waals surface area contributed by atoms with Gasteiger partial charge in [-0.2, -0.15) is 4.31 Å². The zero-order valence-corrected chi connectivity index (χ0v) is 13.8. The van der Waals surface area contributed by atoms with Crippen LogP contribution in [0.1, 0.15) is 43.4 Å². The lowest BCUT2D eigenvalue weighted by Crippen LogP contribution is -2.43. The Kier molecular flexibility index (Phi) is 3.63. The third-order valence-electron chi connectivity index (χ3n) is 4.45. The minimum absolute atomic E-state index is 0.323. The van der Waals surface area contributed by atoms with Gasteiger partial charge in [0.1, 0.15) is 0 Å². The van der Waals surface area contributed by atoms with Gasteiger partial charge in [-0.05, 0) is 70.2 Å². The molecule has 1 saturated heterocycles. The fourth-order valence-corrected chi connectivity index (χ4v) is 5.45. The average Bonchev–Trinajstić information content (AvgIpc) is 2.67. The summed E-state index contributed by atoms with van der Waals surface area (Å²) in [5.41, 5.74) is 8.58. The van der Waals surface area contributed by atoms with Crippen molar-refractivity contribution in [1.29, 1.82) is 0 Å². The van der Waals surface area contributed by atoms with Crippen LogP contribution < -0.4 is 5.73 Å². The highest BCUT2D eigenvalue weighted by Gasteiger charge is 2.42. The summed E-state index contributed by atoms with van der Waals surface area (Å²) in [5, 5.41) is 0. The van der Waals surface area contributed by atoms with Crippen LogP contribution in [0.4, 0.5) is 5.69 Å². The highest BCUT2D eigenvalue weighted by molar-refractivity contribution is 7.89. The van der Waals surface area contributed by atoms with E-state index in [0.29, 0.717) is 22.7 Å². The maximum atomic E-state index is 13.1. The van der Waals surface area contributed by atoms with Crippen LogP contribution in [0.5, 0.6) is 0 Å². The normalized spacial score (nSPS) is 19.4. The quantitative estimate of drug-likeness (QED) is 0.854. The van der Waals surface area contributed by atoms with Gasteiger partial charge < -0.3 is 5.73 Å². The van der Waals surface area contributed by atoms with Crippen LogP contribution in [0.2, 0.25) is 0 Å². The molecule has 1 aromatic carbocycles. The molecule has 1 aliphatic rings. The maximum absolute atomic E-state index is 13.1. The lowest BCUT2D eigenvalue weighted by molar-refractivity contribution is 0.291. The van der Waals surface area contributed by atoms with Crippen LogP contribution >= 0.6 is 0 Å². The zero-order valence-electron chi connectivity index (χ0n) is 12.9. The van der Waals surface area contributed by atoms with E-state index in [2.05, 4.69) is 0 Å². The SMILES string of the molecule is Cc1cc(N)c(C)c(S(=O)(=O)N2CCCC2(C)C)c1C. The molecule has 1 aliphatic heterocycles. The van der Waals surface area contributed by atoms with Gasteiger partial charge >= 0.3 is 0 Å². The first-order valence-corrected chi connectivity index (χ1v) is 8.42. The molecular formula is C15H24N2O2S. The Morgan fingerprint density at radius 1 is 1.20 bits per heavy atom. The van der Waals surface area contributed by atoms with E-state index in [0.717, 1.165) is 24.0 Å². The summed E-state index contributed by atoms with van der Waals surface area (Å²) in [6.45, 7) is 10.1. The monoisotopic (exact) mass is 296 g/mol. The Labute approximate surface area is 122 Å². The van der Waals surface area contributed by atoms with E-state index < -0.39 is 10.0 Å². The summed E-state index contributed by atoms with van der Waals surface area (Å²) in [7, 11) is -3.50. The molecule has 0 unspecified atom stereocenters. The van der Waals surface area contributed by atoms with Gasteiger partial charge in [0.25, 0.3) is 0 Å². The summed E-state index contributed by atoms with van der Waals surface area (Å²) in [4.78, 5) is 0.393. The Balaban J connectivity index is 2.68. The van der Waals surface area contributed by atoms with Gasteiger partial charge in [0.2, 0.25) is 10.0 Å². The van der Waals surface area contributed by atoms with Crippen molar-refractivity contribution in [3.8, 4) is 0 Å². The van der Waals surface area contributed by atoms with E-state index in [9.17, 15) is 8.42 Å². The largest absolute Gasteiger partial charge is 0.398 e. The van der Waals surface area contributed by atoms with Gasteiger partial charge in [-0.15, -0.1) is 0 Å². The summed E-state index contributed by atoms with van der Waals surface area (Å²) in [5.74, 6) is 0. The van der Waals surface area contributed by atoms with E-state index in [1.807, 2.05) is 33.8 Å². The smallest absolute Gasteiger partial charge is 0.244 e. The van der Waals surface area contributed by atoms with E-state index >= 15 is 0 Å². The standard InChI is InChI=1S/C15H24N2O2S/c1-10-9-13(16)12(3)14(11(10)2)20(18,19)17-8-6-7-15(17,4)5/h9H,6-8,16H2,1-5H3. The van der Waals surface area contributed by atoms with Crippen molar-refractivity contribution < 1.29 is 8.42 Å². The van der Waals surface area contributed by atoms with Gasteiger partial charge in [-0.25, -0.2) is 8.42 Å². The lowest BCUT2D eigenvalue weighted by Gasteiger charge is -2.32. The molecule has 0 bridgehead atoms. The molecule has 0 aromatic heterocycles. The van der Waals surface area contributed by atoms with Gasteiger partial charge in [0.05, 0.1) is 4.90 Å². The number of nitrogen functional groups attached to an aromatic ring is 1. The molecule has 0 spiro atoms. The number of hydrogen-bond donors (Lipinski definition) is 1. The highest BCUT2D eigenvalue weighted by atomic mass is 32.2. The second kappa shape index (κ2) is 4.74. The van der Waals surface area contributed by atoms with Gasteiger partial charge in [0, 0.05) is 17.8 Å². The second-order valence-corrected chi connectivity index (χ2v) is 8.15. The fourth-order valence-electron chi connectivity index (χ4n) is 3.07. The van der Waals surface area contributed by atoms with Gasteiger partial charge in [0.15, 0.2) is 0 Å². The van der Waals surface area contributed by atoms with Crippen LogP contribution in [0, 0.1) is 20.8 Å². The summed E-state index contributed by atoms with van der Waals surface area (Å²) in [6, 6.07) is 1.85. The van der Waals surface area contributed by atoms with Gasteiger partial charge in [-0.1, -0.05) is 0 Å². The van der Waals surface area contributed by atoms with Crippen molar-refractivity contribution in [2.24, 2.45) is 0 Å². The van der Waals surface area contributed by atoms with Crippen LogP contribution in [-0.4, -0.2) is 24.8 Å². The Bertz CT molecular complexity index is 622. The van der Waals surface area contributed by atoms with Crippen molar-refractivity contribution in [3.05, 3.63) is 22.8 Å². The van der Waals surface area contributed by atoms with Crippen molar-refractivity contribution in [2.45, 2.75) is 57.9 Å². The molecule has 20 heavy (non-hydrogen) atoms. The fraction of sp³-hybridized carbons (Fsp3) is 0.600. The molecule has 0 aliphatic carbocycles. The second-order valence-electron chi connectivity index (χ2n) is 6.35. The Hall–Kier alpha value is -1.07. The number of rotatable bonds is 2. The van der Waals surface area contributed by atoms with Gasteiger partial charge in [-0.3, -0.25) is 0 Å². The van der Waals surface area contributed by atoms with Crippen molar-refractivity contribution >= 4 is 15.7 Å². The summed E-state index contributed by atoms with van der Waals surface area (Å²) >= 11 is 0. The topological polar surface area (TPSA) is 63.4 Å². The predicted octanol–water partition coefficient (Wildman–Crippen LogP) is 2.76. The molecule has 0 amide bonds. The third kappa shape index (κ3) is 2.23. The molecule has 1 fully saturated rings. The first-order chi connectivity index (χ1) is 9.09. The van der Waals surface area contributed by atoms with Crippen molar-refractivity contribution in [1.82, 2.24) is 4.31 Å². The third-order valence-corrected chi connectivity index (χ3v) is 6.84. The average molecular weight is 296 g/mol. The Morgan fingerprint density at radius 2 is 1.80 bits per heavy atom. The van der Waals surface area contributed by atoms with Crippen molar-refractivity contribution in [3.63, 3.8) is 0 Å². The molecule has 2 rings (SSSR count). The first kappa shape index (κ1) is 15.3. The number of nitrogens with zero attached hydrogens (tertiary/aromatic N) is 1. The summed E-state index contributed by atoms with van der Waals surface area (Å²) < 4.78 is 27.8. The minimum Gasteiger partial charge on any atom is -0.398 e. The van der Waals surface area contributed by atoms with E-state index in [4.69, 9.17) is 5.73 Å². The molecule has 0 saturated carbocycles. The number of anilines is 1. The molecule has 1 heterocycles. The highest BCUT2D eigenvalue weighted by Crippen LogP contribution is 2.37. The molecule has 1 aromatic rings. The molecule has 0 atom stereocenters. The Morgan fingerprint density at radius 3 is 2.30 bits per heavy atom. The number of benzene rings is 1. The molecule has 2 N–H and O–H groups in total. The van der Waals surface area contributed by atoms with E-state index in [-0.39, 0.29) is 5.54 Å². The number of nitrogens with two attached hydrogens (primary N) is 1. The van der Waals surface area contributed by atoms with Crippen LogP contribution in [-0.2, 0) is 10.0 Å². The number of hydrogen-bond acceptors (Lipinski definition) is 3. The zero-order chi connectivity index (χ0) is 15.3.